The highest BCUT2D eigenvalue weighted by Crippen LogP contribution is 2.33. The Hall–Kier alpha value is -2.44. The van der Waals surface area contributed by atoms with Crippen molar-refractivity contribution < 1.29 is 9.84 Å². The highest BCUT2D eigenvalue weighted by Gasteiger charge is 2.10. The summed E-state index contributed by atoms with van der Waals surface area (Å²) in [5.41, 5.74) is 2.59. The fraction of sp³-hybridized carbons (Fsp3) is 0.263. The Kier molecular flexibility index (Phi) is 6.42. The molecule has 0 atom stereocenters. The van der Waals surface area contributed by atoms with Gasteiger partial charge < -0.3 is 20.1 Å². The molecule has 0 unspecified atom stereocenters. The number of benzene rings is 2. The molecule has 0 amide bonds. The summed E-state index contributed by atoms with van der Waals surface area (Å²) in [5.74, 6) is 2.09. The fourth-order valence-corrected chi connectivity index (χ4v) is 3.21. The third-order valence-electron chi connectivity index (χ3n) is 4.14. The number of ether oxygens (including phenoxy) is 1. The quantitative estimate of drug-likeness (QED) is 0.541. The van der Waals surface area contributed by atoms with Gasteiger partial charge in [-0.05, 0) is 30.3 Å². The zero-order chi connectivity index (χ0) is 19.2. The number of halogens is 2. The molecule has 6 nitrogen and oxygen atoms in total. The van der Waals surface area contributed by atoms with Gasteiger partial charge in [-0.1, -0.05) is 0 Å². The molecule has 3 aromatic rings. The third-order valence-corrected chi connectivity index (χ3v) is 4.48. The summed E-state index contributed by atoms with van der Waals surface area (Å²) < 4.78 is 5.13. The minimum atomic E-state index is 0.0380. The molecule has 3 rings (SSSR count). The second-order valence-electron chi connectivity index (χ2n) is 5.80. The summed E-state index contributed by atoms with van der Waals surface area (Å²) >= 11 is 11.7. The molecule has 142 valence electrons. The first-order chi connectivity index (χ1) is 13.2. The van der Waals surface area contributed by atoms with Crippen molar-refractivity contribution in [3.05, 3.63) is 42.7 Å². The topological polar surface area (TPSA) is 70.5 Å². The van der Waals surface area contributed by atoms with E-state index in [4.69, 9.17) is 27.9 Å². The number of hydrogen-bond acceptors (Lipinski definition) is 6. The van der Waals surface area contributed by atoms with Crippen LogP contribution in [0.15, 0.2) is 42.7 Å². The molecule has 8 heteroatoms. The van der Waals surface area contributed by atoms with E-state index in [1.54, 1.807) is 12.1 Å². The minimum absolute atomic E-state index is 0.0380. The zero-order valence-corrected chi connectivity index (χ0v) is 16.3. The molecule has 0 saturated carbocycles. The molecule has 1 heterocycles. The Balaban J connectivity index is 1.86. The molecular formula is C19H20Cl2N4O2. The summed E-state index contributed by atoms with van der Waals surface area (Å²) in [6.07, 6.45) is 1.47. The number of rotatable bonds is 8. The molecule has 1 aromatic heterocycles. The van der Waals surface area contributed by atoms with Crippen molar-refractivity contribution >= 4 is 51.3 Å². The molecule has 0 fully saturated rings. The lowest BCUT2D eigenvalue weighted by Crippen LogP contribution is -2.27. The van der Waals surface area contributed by atoms with Gasteiger partial charge in [-0.3, -0.25) is 0 Å². The number of phenols is 1. The van der Waals surface area contributed by atoms with E-state index >= 15 is 0 Å². The average Bonchev–Trinajstić information content (AvgIpc) is 2.68. The Bertz CT molecular complexity index is 900. The van der Waals surface area contributed by atoms with E-state index in [1.165, 1.54) is 13.4 Å². The second-order valence-corrected chi connectivity index (χ2v) is 6.56. The maximum absolute atomic E-state index is 10.1. The van der Waals surface area contributed by atoms with Crippen LogP contribution in [0.1, 0.15) is 0 Å². The number of aromatic nitrogens is 2. The molecule has 27 heavy (non-hydrogen) atoms. The molecular weight excluding hydrogens is 387 g/mol. The monoisotopic (exact) mass is 406 g/mol. The maximum atomic E-state index is 10.1. The molecule has 0 spiro atoms. The van der Waals surface area contributed by atoms with Crippen molar-refractivity contribution in [1.82, 2.24) is 9.97 Å². The molecule has 0 aliphatic carbocycles. The number of alkyl halides is 2. The predicted molar refractivity (Wildman–Crippen MR) is 111 cm³/mol. The van der Waals surface area contributed by atoms with Crippen molar-refractivity contribution in [3.63, 3.8) is 0 Å². The van der Waals surface area contributed by atoms with Gasteiger partial charge in [0.2, 0.25) is 0 Å². The number of nitrogens with one attached hydrogen (secondary N) is 1. The van der Waals surface area contributed by atoms with E-state index in [0.717, 1.165) is 24.5 Å². The van der Waals surface area contributed by atoms with E-state index in [2.05, 4.69) is 20.2 Å². The van der Waals surface area contributed by atoms with E-state index in [9.17, 15) is 5.11 Å². The van der Waals surface area contributed by atoms with Crippen molar-refractivity contribution in [3.8, 4) is 11.5 Å². The Morgan fingerprint density at radius 1 is 1.07 bits per heavy atom. The Morgan fingerprint density at radius 3 is 2.41 bits per heavy atom. The van der Waals surface area contributed by atoms with Gasteiger partial charge in [-0.25, -0.2) is 9.97 Å². The number of anilines is 3. The first-order valence-corrected chi connectivity index (χ1v) is 9.49. The summed E-state index contributed by atoms with van der Waals surface area (Å²) in [6.45, 7) is 1.47. The van der Waals surface area contributed by atoms with Crippen LogP contribution in [-0.4, -0.2) is 47.0 Å². The van der Waals surface area contributed by atoms with E-state index in [0.29, 0.717) is 34.2 Å². The first-order valence-electron chi connectivity index (χ1n) is 8.42. The van der Waals surface area contributed by atoms with Crippen LogP contribution in [0.4, 0.5) is 17.2 Å². The third kappa shape index (κ3) is 4.46. The number of fused-ring (bicyclic) bond motifs is 1. The van der Waals surface area contributed by atoms with Crippen molar-refractivity contribution in [2.24, 2.45) is 0 Å². The minimum Gasteiger partial charge on any atom is -0.504 e. The van der Waals surface area contributed by atoms with Gasteiger partial charge in [0.15, 0.2) is 11.5 Å². The first kappa shape index (κ1) is 19.3. The van der Waals surface area contributed by atoms with Gasteiger partial charge in [0, 0.05) is 47.7 Å². The summed E-state index contributed by atoms with van der Waals surface area (Å²) in [7, 11) is 1.50. The lowest BCUT2D eigenvalue weighted by Gasteiger charge is -2.23. The van der Waals surface area contributed by atoms with Crippen molar-refractivity contribution in [2.75, 3.05) is 42.2 Å². The highest BCUT2D eigenvalue weighted by atomic mass is 35.5. The van der Waals surface area contributed by atoms with Crippen LogP contribution in [-0.2, 0) is 0 Å². The second kappa shape index (κ2) is 8.97. The van der Waals surface area contributed by atoms with Crippen LogP contribution in [0.5, 0.6) is 11.5 Å². The Morgan fingerprint density at radius 2 is 1.78 bits per heavy atom. The lowest BCUT2D eigenvalue weighted by atomic mass is 10.2. The zero-order valence-electron chi connectivity index (χ0n) is 14.8. The summed E-state index contributed by atoms with van der Waals surface area (Å²) in [6, 6.07) is 11.2. The number of phenolic OH excluding ortho intramolecular Hbond substituents is 1. The average molecular weight is 407 g/mol. The number of nitrogens with zero attached hydrogens (tertiary/aromatic N) is 3. The van der Waals surface area contributed by atoms with Crippen LogP contribution < -0.4 is 15.0 Å². The van der Waals surface area contributed by atoms with Gasteiger partial charge in [-0.2, -0.15) is 0 Å². The van der Waals surface area contributed by atoms with Crippen molar-refractivity contribution in [2.45, 2.75) is 0 Å². The SMILES string of the molecule is COc1cc2ncnc(Nc3ccc(N(CCCl)CCCl)cc3)c2cc1O. The lowest BCUT2D eigenvalue weighted by molar-refractivity contribution is 0.374. The van der Waals surface area contributed by atoms with Gasteiger partial charge in [-0.15, -0.1) is 23.2 Å². The normalized spacial score (nSPS) is 10.8. The van der Waals surface area contributed by atoms with Crippen LogP contribution >= 0.6 is 23.2 Å². The molecule has 0 radical (unpaired) electrons. The molecule has 0 aliphatic rings. The largest absolute Gasteiger partial charge is 0.504 e. The van der Waals surface area contributed by atoms with Crippen LogP contribution in [0.25, 0.3) is 10.9 Å². The van der Waals surface area contributed by atoms with Crippen LogP contribution in [0, 0.1) is 0 Å². The standard InChI is InChI=1S/C19H20Cl2N4O2/c1-27-18-11-16-15(10-17(18)26)19(23-12-22-16)24-13-2-4-14(5-3-13)25(8-6-20)9-7-21/h2-5,10-12,26H,6-9H2,1H3,(H,22,23,24). The maximum Gasteiger partial charge on any atom is 0.162 e. The van der Waals surface area contributed by atoms with E-state index in [-0.39, 0.29) is 5.75 Å². The van der Waals surface area contributed by atoms with Gasteiger partial charge >= 0.3 is 0 Å². The van der Waals surface area contributed by atoms with Crippen LogP contribution in [0.2, 0.25) is 0 Å². The molecule has 0 bridgehead atoms. The Labute approximate surface area is 167 Å². The number of methoxy groups -OCH3 is 1. The predicted octanol–water partition coefficient (Wildman–Crippen LogP) is 4.37. The molecule has 2 N–H and O–H groups in total. The van der Waals surface area contributed by atoms with Crippen LogP contribution in [0.3, 0.4) is 0 Å². The van der Waals surface area contributed by atoms with Gasteiger partial charge in [0.25, 0.3) is 0 Å². The fourth-order valence-electron chi connectivity index (χ4n) is 2.80. The van der Waals surface area contributed by atoms with E-state index in [1.807, 2.05) is 24.3 Å². The molecule has 0 saturated heterocycles. The smallest absolute Gasteiger partial charge is 0.162 e. The van der Waals surface area contributed by atoms with Gasteiger partial charge in [0.1, 0.15) is 12.1 Å². The molecule has 0 aliphatic heterocycles. The molecule has 2 aromatic carbocycles. The number of aromatic hydroxyl groups is 1. The summed E-state index contributed by atoms with van der Waals surface area (Å²) in [4.78, 5) is 10.7. The summed E-state index contributed by atoms with van der Waals surface area (Å²) in [5, 5.41) is 14.0. The van der Waals surface area contributed by atoms with Gasteiger partial charge in [0.05, 0.1) is 12.6 Å². The highest BCUT2D eigenvalue weighted by molar-refractivity contribution is 6.18. The van der Waals surface area contributed by atoms with Crippen molar-refractivity contribution in [1.29, 1.82) is 0 Å². The van der Waals surface area contributed by atoms with E-state index < -0.39 is 0 Å². The number of hydrogen-bond donors (Lipinski definition) is 2.